The zero-order valence-electron chi connectivity index (χ0n) is 12.4. The van der Waals surface area contributed by atoms with Crippen LogP contribution >= 0.6 is 0 Å². The van der Waals surface area contributed by atoms with E-state index < -0.39 is 0 Å². The number of esters is 1. The second-order valence-corrected chi connectivity index (χ2v) is 5.33. The number of hydrogen-bond acceptors (Lipinski definition) is 5. The Bertz CT molecular complexity index is 544. The van der Waals surface area contributed by atoms with Crippen LogP contribution in [0.25, 0.3) is 0 Å². The summed E-state index contributed by atoms with van der Waals surface area (Å²) >= 11 is 0. The van der Waals surface area contributed by atoms with Crippen LogP contribution in [-0.2, 0) is 16.1 Å². The third-order valence-electron chi connectivity index (χ3n) is 3.73. The molecule has 1 aliphatic rings. The van der Waals surface area contributed by atoms with Gasteiger partial charge < -0.3 is 4.74 Å². The smallest absolute Gasteiger partial charge is 0.307 e. The molecule has 2 rings (SSSR count). The van der Waals surface area contributed by atoms with E-state index in [1.54, 1.807) is 19.1 Å². The van der Waals surface area contributed by atoms with Gasteiger partial charge in [0, 0.05) is 31.8 Å². The van der Waals surface area contributed by atoms with Crippen molar-refractivity contribution in [1.82, 2.24) is 4.90 Å². The Morgan fingerprint density at radius 2 is 2.29 bits per heavy atom. The molecule has 6 nitrogen and oxygen atoms in total. The van der Waals surface area contributed by atoms with Crippen LogP contribution in [0, 0.1) is 10.1 Å². The molecule has 0 saturated heterocycles. The number of carbonyl (C=O) groups excluding carboxylic acids is 1. The second-order valence-electron chi connectivity index (χ2n) is 5.33. The summed E-state index contributed by atoms with van der Waals surface area (Å²) in [5.41, 5.74) is 2.26. The van der Waals surface area contributed by atoms with Gasteiger partial charge in [-0.05, 0) is 24.0 Å². The first-order valence-corrected chi connectivity index (χ1v) is 7.16. The summed E-state index contributed by atoms with van der Waals surface area (Å²) in [4.78, 5) is 24.1. The van der Waals surface area contributed by atoms with Gasteiger partial charge in [-0.25, -0.2) is 0 Å². The van der Waals surface area contributed by atoms with E-state index in [1.807, 2.05) is 6.07 Å². The molecule has 0 spiro atoms. The van der Waals surface area contributed by atoms with Gasteiger partial charge in [-0.2, -0.15) is 0 Å². The number of fused-ring (bicyclic) bond motifs is 1. The van der Waals surface area contributed by atoms with Gasteiger partial charge in [0.2, 0.25) is 0 Å². The Morgan fingerprint density at radius 3 is 2.95 bits per heavy atom. The van der Waals surface area contributed by atoms with Crippen LogP contribution in [0.1, 0.15) is 37.3 Å². The molecule has 114 valence electrons. The fraction of sp³-hybridized carbons (Fsp3) is 0.533. The fourth-order valence-electron chi connectivity index (χ4n) is 2.77. The van der Waals surface area contributed by atoms with Crippen molar-refractivity contribution in [2.45, 2.75) is 32.7 Å². The minimum atomic E-state index is -0.373. The lowest BCUT2D eigenvalue weighted by molar-refractivity contribution is -0.385. The minimum Gasteiger partial charge on any atom is -0.466 e. The van der Waals surface area contributed by atoms with E-state index in [9.17, 15) is 14.9 Å². The third kappa shape index (κ3) is 3.78. The van der Waals surface area contributed by atoms with Gasteiger partial charge in [0.15, 0.2) is 0 Å². The van der Waals surface area contributed by atoms with E-state index in [4.69, 9.17) is 4.74 Å². The van der Waals surface area contributed by atoms with Gasteiger partial charge in [0.1, 0.15) is 0 Å². The van der Waals surface area contributed by atoms with E-state index in [-0.39, 0.29) is 16.6 Å². The zero-order chi connectivity index (χ0) is 15.4. The van der Waals surface area contributed by atoms with Gasteiger partial charge in [0.25, 0.3) is 5.69 Å². The molecule has 0 bridgehead atoms. The lowest BCUT2D eigenvalue weighted by Crippen LogP contribution is -2.34. The number of nitro groups is 1. The molecule has 21 heavy (non-hydrogen) atoms. The summed E-state index contributed by atoms with van der Waals surface area (Å²) in [5.74, 6) is 0.103. The van der Waals surface area contributed by atoms with E-state index in [1.165, 1.54) is 0 Å². The average Bonchev–Trinajstić information content (AvgIpc) is 2.45. The number of carbonyl (C=O) groups is 1. The summed E-state index contributed by atoms with van der Waals surface area (Å²) in [6, 6.07) is 5.05. The second kappa shape index (κ2) is 6.67. The zero-order valence-corrected chi connectivity index (χ0v) is 12.4. The SMILES string of the molecule is CCOC(=O)CCN1Cc2cc([N+](=O)[O-])ccc2C(C)C1. The summed E-state index contributed by atoms with van der Waals surface area (Å²) in [6.07, 6.45) is 0.352. The molecular formula is C15H20N2O4. The maximum Gasteiger partial charge on any atom is 0.307 e. The Balaban J connectivity index is 2.06. The van der Waals surface area contributed by atoms with Crippen LogP contribution in [0.3, 0.4) is 0 Å². The van der Waals surface area contributed by atoms with Gasteiger partial charge in [-0.15, -0.1) is 0 Å². The normalized spacial score (nSPS) is 18.1. The molecule has 0 saturated carbocycles. The largest absolute Gasteiger partial charge is 0.466 e. The van der Waals surface area contributed by atoms with Crippen LogP contribution < -0.4 is 0 Å². The molecule has 0 N–H and O–H groups in total. The highest BCUT2D eigenvalue weighted by Crippen LogP contribution is 2.30. The molecule has 1 aliphatic heterocycles. The Morgan fingerprint density at radius 1 is 1.52 bits per heavy atom. The summed E-state index contributed by atoms with van der Waals surface area (Å²) in [7, 11) is 0. The predicted molar refractivity (Wildman–Crippen MR) is 78.0 cm³/mol. The van der Waals surface area contributed by atoms with Crippen LogP contribution in [0.2, 0.25) is 0 Å². The molecule has 6 heteroatoms. The molecule has 1 unspecified atom stereocenters. The third-order valence-corrected chi connectivity index (χ3v) is 3.73. The van der Waals surface area contributed by atoms with Gasteiger partial charge >= 0.3 is 5.97 Å². The standard InChI is InChI=1S/C15H20N2O4/c1-3-21-15(18)6-7-16-9-11(2)14-5-4-13(17(19)20)8-12(14)10-16/h4-5,8,11H,3,6-7,9-10H2,1-2H3. The maximum atomic E-state index is 11.4. The van der Waals surface area contributed by atoms with E-state index in [0.29, 0.717) is 32.0 Å². The quantitative estimate of drug-likeness (QED) is 0.473. The number of ether oxygens (including phenoxy) is 1. The van der Waals surface area contributed by atoms with E-state index in [0.717, 1.165) is 17.7 Å². The first kappa shape index (κ1) is 15.4. The fourth-order valence-corrected chi connectivity index (χ4v) is 2.77. The average molecular weight is 292 g/mol. The van der Waals surface area contributed by atoms with Crippen molar-refractivity contribution in [3.63, 3.8) is 0 Å². The highest BCUT2D eigenvalue weighted by molar-refractivity contribution is 5.69. The van der Waals surface area contributed by atoms with Crippen molar-refractivity contribution in [3.8, 4) is 0 Å². The van der Waals surface area contributed by atoms with Crippen LogP contribution in [0.4, 0.5) is 5.69 Å². The van der Waals surface area contributed by atoms with Crippen LogP contribution in [0.5, 0.6) is 0 Å². The van der Waals surface area contributed by atoms with Crippen molar-refractivity contribution in [2.24, 2.45) is 0 Å². The van der Waals surface area contributed by atoms with Crippen molar-refractivity contribution < 1.29 is 14.5 Å². The first-order valence-electron chi connectivity index (χ1n) is 7.16. The van der Waals surface area contributed by atoms with Crippen molar-refractivity contribution in [2.75, 3.05) is 19.7 Å². The number of benzene rings is 1. The maximum absolute atomic E-state index is 11.4. The number of hydrogen-bond donors (Lipinski definition) is 0. The number of non-ortho nitro benzene ring substituents is 1. The number of rotatable bonds is 5. The van der Waals surface area contributed by atoms with E-state index in [2.05, 4.69) is 11.8 Å². The number of nitro benzene ring substituents is 1. The Kier molecular flexibility index (Phi) is 4.90. The Hall–Kier alpha value is -1.95. The van der Waals surface area contributed by atoms with Gasteiger partial charge in [-0.1, -0.05) is 13.0 Å². The molecule has 1 heterocycles. The summed E-state index contributed by atoms with van der Waals surface area (Å²) < 4.78 is 4.92. The molecule has 1 aromatic carbocycles. The molecule has 0 aliphatic carbocycles. The van der Waals surface area contributed by atoms with Crippen molar-refractivity contribution >= 4 is 11.7 Å². The topological polar surface area (TPSA) is 72.7 Å². The van der Waals surface area contributed by atoms with Crippen molar-refractivity contribution in [3.05, 3.63) is 39.4 Å². The molecule has 0 amide bonds. The molecule has 0 fully saturated rings. The van der Waals surface area contributed by atoms with Crippen LogP contribution in [0.15, 0.2) is 18.2 Å². The van der Waals surface area contributed by atoms with E-state index >= 15 is 0 Å². The molecular weight excluding hydrogens is 272 g/mol. The predicted octanol–water partition coefficient (Wildman–Crippen LogP) is 2.47. The van der Waals surface area contributed by atoms with Crippen molar-refractivity contribution in [1.29, 1.82) is 0 Å². The molecule has 1 atom stereocenters. The highest BCUT2D eigenvalue weighted by Gasteiger charge is 2.24. The molecule has 0 aromatic heterocycles. The molecule has 0 radical (unpaired) electrons. The summed E-state index contributed by atoms with van der Waals surface area (Å²) in [6.45, 7) is 6.39. The lowest BCUT2D eigenvalue weighted by atomic mass is 9.90. The Labute approximate surface area is 123 Å². The highest BCUT2D eigenvalue weighted by atomic mass is 16.6. The first-order chi connectivity index (χ1) is 10.0. The summed E-state index contributed by atoms with van der Waals surface area (Å²) in [5, 5.41) is 10.9. The molecule has 1 aromatic rings. The van der Waals surface area contributed by atoms with Gasteiger partial charge in [0.05, 0.1) is 18.0 Å². The monoisotopic (exact) mass is 292 g/mol. The lowest BCUT2D eigenvalue weighted by Gasteiger charge is -2.32. The number of nitrogens with zero attached hydrogens (tertiary/aromatic N) is 2. The van der Waals surface area contributed by atoms with Gasteiger partial charge in [-0.3, -0.25) is 19.8 Å². The van der Waals surface area contributed by atoms with Crippen LogP contribution in [-0.4, -0.2) is 35.5 Å². The minimum absolute atomic E-state index is 0.119.